The quantitative estimate of drug-likeness (QED) is 0.793. The average molecular weight is 401 g/mol. The van der Waals surface area contributed by atoms with Gasteiger partial charge in [0.1, 0.15) is 0 Å². The molecular weight excluding hydrogens is 372 g/mol. The average Bonchev–Trinajstić information content (AvgIpc) is 2.67. The number of hydrogen-bond acceptors (Lipinski definition) is 3. The third-order valence-electron chi connectivity index (χ3n) is 4.96. The van der Waals surface area contributed by atoms with Crippen molar-refractivity contribution in [2.45, 2.75) is 39.2 Å². The molecule has 5 nitrogen and oxygen atoms in total. The maximum atomic E-state index is 12.9. The van der Waals surface area contributed by atoms with Crippen LogP contribution in [0.15, 0.2) is 54.6 Å². The van der Waals surface area contributed by atoms with E-state index in [1.807, 2.05) is 30.3 Å². The molecule has 1 atom stereocenters. The third-order valence-corrected chi connectivity index (χ3v) is 6.83. The van der Waals surface area contributed by atoms with Gasteiger partial charge >= 0.3 is 0 Å². The largest absolute Gasteiger partial charge is 0.345 e. The second-order valence-electron chi connectivity index (χ2n) is 7.71. The minimum absolute atomic E-state index is 0.0870. The van der Waals surface area contributed by atoms with E-state index < -0.39 is 10.0 Å². The van der Waals surface area contributed by atoms with Gasteiger partial charge in [0.25, 0.3) is 5.91 Å². The van der Waals surface area contributed by atoms with Crippen molar-refractivity contribution in [2.75, 3.05) is 16.6 Å². The number of nitrogens with one attached hydrogen (secondary N) is 1. The zero-order chi connectivity index (χ0) is 20.1. The SMILES string of the molecule is CC(C)CC(NC(=O)c1cccc(N2CCCCS2(=O)=O)c1)c1ccccc1. The van der Waals surface area contributed by atoms with E-state index in [2.05, 4.69) is 19.2 Å². The maximum Gasteiger partial charge on any atom is 0.251 e. The smallest absolute Gasteiger partial charge is 0.251 e. The molecule has 1 aliphatic rings. The van der Waals surface area contributed by atoms with E-state index in [9.17, 15) is 13.2 Å². The van der Waals surface area contributed by atoms with E-state index >= 15 is 0 Å². The number of amides is 1. The van der Waals surface area contributed by atoms with E-state index in [1.165, 1.54) is 4.31 Å². The number of anilines is 1. The Balaban J connectivity index is 1.82. The summed E-state index contributed by atoms with van der Waals surface area (Å²) in [5.74, 6) is 0.398. The number of carbonyl (C=O) groups is 1. The van der Waals surface area contributed by atoms with Crippen molar-refractivity contribution < 1.29 is 13.2 Å². The van der Waals surface area contributed by atoms with Gasteiger partial charge in [-0.2, -0.15) is 0 Å². The highest BCUT2D eigenvalue weighted by atomic mass is 32.2. The molecule has 0 bridgehead atoms. The van der Waals surface area contributed by atoms with Crippen LogP contribution in [-0.2, 0) is 10.0 Å². The van der Waals surface area contributed by atoms with Gasteiger partial charge < -0.3 is 5.32 Å². The van der Waals surface area contributed by atoms with E-state index in [1.54, 1.807) is 24.3 Å². The lowest BCUT2D eigenvalue weighted by atomic mass is 9.96. The summed E-state index contributed by atoms with van der Waals surface area (Å²) >= 11 is 0. The van der Waals surface area contributed by atoms with Crippen molar-refractivity contribution in [3.63, 3.8) is 0 Å². The predicted molar refractivity (Wildman–Crippen MR) is 113 cm³/mol. The normalized spacial score (nSPS) is 17.3. The molecule has 2 aromatic carbocycles. The zero-order valence-electron chi connectivity index (χ0n) is 16.5. The van der Waals surface area contributed by atoms with Gasteiger partial charge in [-0.1, -0.05) is 50.2 Å². The van der Waals surface area contributed by atoms with Gasteiger partial charge in [-0.3, -0.25) is 9.10 Å². The van der Waals surface area contributed by atoms with Gasteiger partial charge in [0.05, 0.1) is 17.5 Å². The molecule has 2 aromatic rings. The van der Waals surface area contributed by atoms with Crippen LogP contribution in [0.4, 0.5) is 5.69 Å². The number of sulfonamides is 1. The van der Waals surface area contributed by atoms with Crippen LogP contribution in [0.25, 0.3) is 0 Å². The number of benzene rings is 2. The second-order valence-corrected chi connectivity index (χ2v) is 9.72. The molecule has 0 aromatic heterocycles. The van der Waals surface area contributed by atoms with Crippen molar-refractivity contribution in [3.8, 4) is 0 Å². The molecule has 1 aliphatic heterocycles. The van der Waals surface area contributed by atoms with Crippen LogP contribution in [0, 0.1) is 5.92 Å². The Morgan fingerprint density at radius 2 is 1.82 bits per heavy atom. The van der Waals surface area contributed by atoms with Crippen molar-refractivity contribution >= 4 is 21.6 Å². The van der Waals surface area contributed by atoms with Crippen LogP contribution >= 0.6 is 0 Å². The second kappa shape index (κ2) is 8.78. The molecule has 0 spiro atoms. The van der Waals surface area contributed by atoms with Gasteiger partial charge in [0.15, 0.2) is 0 Å². The molecule has 1 heterocycles. The van der Waals surface area contributed by atoms with Crippen LogP contribution < -0.4 is 9.62 Å². The van der Waals surface area contributed by atoms with Crippen molar-refractivity contribution in [1.82, 2.24) is 5.32 Å². The Morgan fingerprint density at radius 1 is 1.07 bits per heavy atom. The highest BCUT2D eigenvalue weighted by Crippen LogP contribution is 2.26. The summed E-state index contributed by atoms with van der Waals surface area (Å²) in [5.41, 5.74) is 2.11. The highest BCUT2D eigenvalue weighted by molar-refractivity contribution is 7.92. The van der Waals surface area contributed by atoms with E-state index in [-0.39, 0.29) is 17.7 Å². The Bertz CT molecular complexity index is 910. The summed E-state index contributed by atoms with van der Waals surface area (Å²) in [6.45, 7) is 4.72. The molecule has 0 aliphatic carbocycles. The molecule has 1 fully saturated rings. The minimum atomic E-state index is -3.30. The Kier molecular flexibility index (Phi) is 6.39. The van der Waals surface area contributed by atoms with E-state index in [0.717, 1.165) is 18.4 Å². The lowest BCUT2D eigenvalue weighted by molar-refractivity contribution is 0.0932. The predicted octanol–water partition coefficient (Wildman–Crippen LogP) is 4.13. The molecule has 1 saturated heterocycles. The topological polar surface area (TPSA) is 66.5 Å². The minimum Gasteiger partial charge on any atom is -0.345 e. The van der Waals surface area contributed by atoms with E-state index in [0.29, 0.717) is 30.1 Å². The molecule has 1 amide bonds. The first-order chi connectivity index (χ1) is 13.4. The van der Waals surface area contributed by atoms with Crippen LogP contribution in [0.5, 0.6) is 0 Å². The first kappa shape index (κ1) is 20.4. The number of hydrogen-bond donors (Lipinski definition) is 1. The lowest BCUT2D eigenvalue weighted by Crippen LogP contribution is -2.38. The van der Waals surface area contributed by atoms with Crippen LogP contribution in [0.1, 0.15) is 55.1 Å². The fraction of sp³-hybridized carbons (Fsp3) is 0.409. The fourth-order valence-electron chi connectivity index (χ4n) is 3.56. The van der Waals surface area contributed by atoms with Crippen molar-refractivity contribution in [1.29, 1.82) is 0 Å². The molecule has 1 unspecified atom stereocenters. The Labute approximate surface area is 167 Å². The molecule has 28 heavy (non-hydrogen) atoms. The summed E-state index contributed by atoms with van der Waals surface area (Å²) in [6.07, 6.45) is 2.35. The van der Waals surface area contributed by atoms with Gasteiger partial charge in [0, 0.05) is 12.1 Å². The molecule has 0 radical (unpaired) electrons. The summed E-state index contributed by atoms with van der Waals surface area (Å²) in [5, 5.41) is 3.12. The highest BCUT2D eigenvalue weighted by Gasteiger charge is 2.26. The number of rotatable bonds is 6. The van der Waals surface area contributed by atoms with Gasteiger partial charge in [0.2, 0.25) is 10.0 Å². The van der Waals surface area contributed by atoms with Crippen LogP contribution in [-0.4, -0.2) is 26.6 Å². The molecule has 150 valence electrons. The number of nitrogens with zero attached hydrogens (tertiary/aromatic N) is 1. The van der Waals surface area contributed by atoms with Gasteiger partial charge in [-0.25, -0.2) is 8.42 Å². The fourth-order valence-corrected chi connectivity index (χ4v) is 5.19. The van der Waals surface area contributed by atoms with Crippen LogP contribution in [0.2, 0.25) is 0 Å². The van der Waals surface area contributed by atoms with E-state index in [4.69, 9.17) is 0 Å². The summed E-state index contributed by atoms with van der Waals surface area (Å²) in [6, 6.07) is 16.7. The first-order valence-electron chi connectivity index (χ1n) is 9.83. The zero-order valence-corrected chi connectivity index (χ0v) is 17.3. The first-order valence-corrected chi connectivity index (χ1v) is 11.4. The number of carbonyl (C=O) groups excluding carboxylic acids is 1. The summed E-state index contributed by atoms with van der Waals surface area (Å²) < 4.78 is 26.2. The van der Waals surface area contributed by atoms with Crippen LogP contribution in [0.3, 0.4) is 0 Å². The van der Waals surface area contributed by atoms with Crippen molar-refractivity contribution in [2.24, 2.45) is 5.92 Å². The molecule has 3 rings (SSSR count). The maximum absolute atomic E-state index is 12.9. The Morgan fingerprint density at radius 3 is 2.50 bits per heavy atom. The lowest BCUT2D eigenvalue weighted by Gasteiger charge is -2.28. The molecule has 1 N–H and O–H groups in total. The standard InChI is InChI=1S/C22H28N2O3S/c1-17(2)15-21(18-9-4-3-5-10-18)23-22(25)19-11-8-12-20(16-19)24-13-6-7-14-28(24,26)27/h3-5,8-12,16-17,21H,6-7,13-15H2,1-2H3,(H,23,25). The third kappa shape index (κ3) is 4.93. The van der Waals surface area contributed by atoms with Gasteiger partial charge in [-0.15, -0.1) is 0 Å². The summed E-state index contributed by atoms with van der Waals surface area (Å²) in [4.78, 5) is 12.9. The summed E-state index contributed by atoms with van der Waals surface area (Å²) in [7, 11) is -3.30. The molecule has 6 heteroatoms. The van der Waals surface area contributed by atoms with Crippen molar-refractivity contribution in [3.05, 3.63) is 65.7 Å². The Hall–Kier alpha value is -2.34. The molecular formula is C22H28N2O3S. The molecule has 0 saturated carbocycles. The monoisotopic (exact) mass is 400 g/mol. The van der Waals surface area contributed by atoms with Gasteiger partial charge in [-0.05, 0) is 48.9 Å².